The molecule has 0 aromatic heterocycles. The van der Waals surface area contributed by atoms with Crippen molar-refractivity contribution < 1.29 is 14.6 Å². The minimum atomic E-state index is -0.866. The number of anilines is 1. The highest BCUT2D eigenvalue weighted by molar-refractivity contribution is 5.90. The van der Waals surface area contributed by atoms with Crippen molar-refractivity contribution in [2.75, 3.05) is 25.1 Å². The van der Waals surface area contributed by atoms with E-state index in [1.165, 1.54) is 22.3 Å². The SMILES string of the molecule is O=C(NCC1(O)CCOCC1)Nc1ccc2c(c1)Cc1ccccc1-2. The Morgan fingerprint density at radius 1 is 1.08 bits per heavy atom. The summed E-state index contributed by atoms with van der Waals surface area (Å²) in [5, 5.41) is 16.0. The smallest absolute Gasteiger partial charge is 0.319 e. The van der Waals surface area contributed by atoms with Crippen LogP contribution >= 0.6 is 0 Å². The van der Waals surface area contributed by atoms with E-state index in [1.54, 1.807) is 0 Å². The Labute approximate surface area is 147 Å². The standard InChI is InChI=1S/C20H22N2O3/c23-19(21-13-20(24)7-9-25-10-8-20)22-16-5-6-18-15(12-16)11-14-3-1-2-4-17(14)18/h1-6,12,24H,7-11,13H2,(H2,21,22,23). The van der Waals surface area contributed by atoms with Crippen molar-refractivity contribution in [2.24, 2.45) is 0 Å². The van der Waals surface area contributed by atoms with Gasteiger partial charge in [-0.05, 0) is 40.8 Å². The lowest BCUT2D eigenvalue weighted by atomic mass is 9.94. The predicted molar refractivity (Wildman–Crippen MR) is 96.7 cm³/mol. The molecule has 0 bridgehead atoms. The first-order valence-corrected chi connectivity index (χ1v) is 8.69. The molecule has 0 atom stereocenters. The number of rotatable bonds is 3. The fraction of sp³-hybridized carbons (Fsp3) is 0.350. The number of benzene rings is 2. The van der Waals surface area contributed by atoms with Crippen molar-refractivity contribution in [1.82, 2.24) is 5.32 Å². The van der Waals surface area contributed by atoms with Crippen LogP contribution < -0.4 is 10.6 Å². The minimum absolute atomic E-state index is 0.235. The molecular formula is C20H22N2O3. The molecule has 1 aliphatic heterocycles. The van der Waals surface area contributed by atoms with Gasteiger partial charge < -0.3 is 20.5 Å². The van der Waals surface area contributed by atoms with E-state index in [4.69, 9.17) is 4.74 Å². The molecule has 3 N–H and O–H groups in total. The van der Waals surface area contributed by atoms with Gasteiger partial charge in [0.1, 0.15) is 0 Å². The average Bonchev–Trinajstić information content (AvgIpc) is 2.98. The Morgan fingerprint density at radius 2 is 1.84 bits per heavy atom. The first-order chi connectivity index (χ1) is 12.1. The van der Waals surface area contributed by atoms with Crippen LogP contribution in [0.15, 0.2) is 42.5 Å². The summed E-state index contributed by atoms with van der Waals surface area (Å²) in [5.74, 6) is 0. The highest BCUT2D eigenvalue weighted by Crippen LogP contribution is 2.37. The molecule has 0 radical (unpaired) electrons. The summed E-state index contributed by atoms with van der Waals surface area (Å²) in [6.45, 7) is 1.30. The van der Waals surface area contributed by atoms with E-state index in [0.29, 0.717) is 26.1 Å². The average molecular weight is 338 g/mol. The van der Waals surface area contributed by atoms with Crippen molar-refractivity contribution in [3.63, 3.8) is 0 Å². The van der Waals surface area contributed by atoms with Gasteiger partial charge in [0.2, 0.25) is 0 Å². The van der Waals surface area contributed by atoms with Gasteiger partial charge in [-0.3, -0.25) is 0 Å². The number of carbonyl (C=O) groups is 1. The van der Waals surface area contributed by atoms with Gasteiger partial charge in [0.15, 0.2) is 0 Å². The van der Waals surface area contributed by atoms with Gasteiger partial charge in [0, 0.05) is 38.3 Å². The van der Waals surface area contributed by atoms with Crippen LogP contribution in [0.1, 0.15) is 24.0 Å². The molecule has 0 saturated carbocycles. The van der Waals surface area contributed by atoms with Crippen molar-refractivity contribution in [1.29, 1.82) is 0 Å². The first-order valence-electron chi connectivity index (χ1n) is 8.69. The van der Waals surface area contributed by atoms with Crippen LogP contribution in [0.5, 0.6) is 0 Å². The number of amides is 2. The number of aliphatic hydroxyl groups is 1. The molecule has 0 unspecified atom stereocenters. The molecule has 2 amide bonds. The molecule has 1 fully saturated rings. The summed E-state index contributed by atoms with van der Waals surface area (Å²) in [6.07, 6.45) is 1.98. The molecule has 2 aromatic rings. The Bertz CT molecular complexity index is 797. The maximum absolute atomic E-state index is 12.2. The summed E-state index contributed by atoms with van der Waals surface area (Å²) in [4.78, 5) is 12.2. The third-order valence-corrected chi connectivity index (χ3v) is 5.05. The topological polar surface area (TPSA) is 70.6 Å². The first kappa shape index (κ1) is 16.1. The van der Waals surface area contributed by atoms with Gasteiger partial charge in [0.05, 0.1) is 5.60 Å². The number of hydrogen-bond acceptors (Lipinski definition) is 3. The number of hydrogen-bond donors (Lipinski definition) is 3. The molecule has 1 saturated heterocycles. The van der Waals surface area contributed by atoms with Crippen molar-refractivity contribution >= 4 is 11.7 Å². The van der Waals surface area contributed by atoms with Gasteiger partial charge in [0.25, 0.3) is 0 Å². The van der Waals surface area contributed by atoms with Gasteiger partial charge in [-0.1, -0.05) is 30.3 Å². The maximum atomic E-state index is 12.2. The molecule has 4 rings (SSSR count). The van der Waals surface area contributed by atoms with E-state index >= 15 is 0 Å². The highest BCUT2D eigenvalue weighted by Gasteiger charge is 2.30. The Morgan fingerprint density at radius 3 is 2.68 bits per heavy atom. The number of nitrogens with one attached hydrogen (secondary N) is 2. The largest absolute Gasteiger partial charge is 0.388 e. The summed E-state index contributed by atoms with van der Waals surface area (Å²) in [7, 11) is 0. The second-order valence-corrected chi connectivity index (χ2v) is 6.85. The Kier molecular flexibility index (Phi) is 4.19. The quantitative estimate of drug-likeness (QED) is 0.688. The van der Waals surface area contributed by atoms with Crippen LogP contribution in [0, 0.1) is 0 Å². The van der Waals surface area contributed by atoms with E-state index in [1.807, 2.05) is 12.1 Å². The second kappa shape index (κ2) is 6.50. The van der Waals surface area contributed by atoms with Gasteiger partial charge in [-0.2, -0.15) is 0 Å². The molecule has 1 heterocycles. The second-order valence-electron chi connectivity index (χ2n) is 6.85. The summed E-state index contributed by atoms with van der Waals surface area (Å²) >= 11 is 0. The van der Waals surface area contributed by atoms with Crippen LogP contribution in [-0.4, -0.2) is 36.5 Å². The lowest BCUT2D eigenvalue weighted by Crippen LogP contribution is -2.47. The molecule has 2 aliphatic rings. The molecule has 25 heavy (non-hydrogen) atoms. The zero-order valence-corrected chi connectivity index (χ0v) is 14.0. The Balaban J connectivity index is 1.39. The molecule has 5 nitrogen and oxygen atoms in total. The van der Waals surface area contributed by atoms with Crippen molar-refractivity contribution in [3.8, 4) is 11.1 Å². The molecule has 5 heteroatoms. The maximum Gasteiger partial charge on any atom is 0.319 e. The summed E-state index contributed by atoms with van der Waals surface area (Å²) < 4.78 is 5.25. The van der Waals surface area contributed by atoms with E-state index in [9.17, 15) is 9.90 Å². The van der Waals surface area contributed by atoms with Crippen LogP contribution in [0.2, 0.25) is 0 Å². The molecule has 2 aromatic carbocycles. The molecule has 1 aliphatic carbocycles. The predicted octanol–water partition coefficient (Wildman–Crippen LogP) is 2.92. The number of ether oxygens (including phenoxy) is 1. The van der Waals surface area contributed by atoms with Crippen LogP contribution in [0.4, 0.5) is 10.5 Å². The number of urea groups is 1. The molecule has 0 spiro atoms. The Hall–Kier alpha value is -2.37. The zero-order valence-electron chi connectivity index (χ0n) is 14.0. The lowest BCUT2D eigenvalue weighted by Gasteiger charge is -2.32. The van der Waals surface area contributed by atoms with Gasteiger partial charge in [-0.25, -0.2) is 4.79 Å². The number of fused-ring (bicyclic) bond motifs is 3. The van der Waals surface area contributed by atoms with Crippen molar-refractivity contribution in [2.45, 2.75) is 24.9 Å². The zero-order chi connectivity index (χ0) is 17.3. The fourth-order valence-corrected chi connectivity index (χ4v) is 3.57. The van der Waals surface area contributed by atoms with Gasteiger partial charge >= 0.3 is 6.03 Å². The van der Waals surface area contributed by atoms with E-state index in [-0.39, 0.29) is 12.6 Å². The van der Waals surface area contributed by atoms with E-state index in [0.717, 1.165) is 12.1 Å². The third kappa shape index (κ3) is 3.38. The molecular weight excluding hydrogens is 316 g/mol. The van der Waals surface area contributed by atoms with Crippen molar-refractivity contribution in [3.05, 3.63) is 53.6 Å². The third-order valence-electron chi connectivity index (χ3n) is 5.05. The summed E-state index contributed by atoms with van der Waals surface area (Å²) in [6, 6.07) is 14.1. The monoisotopic (exact) mass is 338 g/mol. The minimum Gasteiger partial charge on any atom is -0.388 e. The van der Waals surface area contributed by atoms with Crippen LogP contribution in [0.3, 0.4) is 0 Å². The van der Waals surface area contributed by atoms with Gasteiger partial charge in [-0.15, -0.1) is 0 Å². The van der Waals surface area contributed by atoms with E-state index < -0.39 is 5.60 Å². The van der Waals surface area contributed by atoms with Crippen LogP contribution in [0.25, 0.3) is 11.1 Å². The van der Waals surface area contributed by atoms with E-state index in [2.05, 4.69) is 41.0 Å². The normalized spacial score (nSPS) is 17.5. The molecule has 130 valence electrons. The number of carbonyl (C=O) groups excluding carboxylic acids is 1. The summed E-state index contributed by atoms with van der Waals surface area (Å²) in [5.41, 5.74) is 4.95. The fourth-order valence-electron chi connectivity index (χ4n) is 3.57. The highest BCUT2D eigenvalue weighted by atomic mass is 16.5. The van der Waals surface area contributed by atoms with Crippen LogP contribution in [-0.2, 0) is 11.2 Å². The lowest BCUT2D eigenvalue weighted by molar-refractivity contribution is -0.0598.